The van der Waals surface area contributed by atoms with Crippen LogP contribution in [-0.4, -0.2) is 36.3 Å². The summed E-state index contributed by atoms with van der Waals surface area (Å²) in [6.45, 7) is 3.19. The summed E-state index contributed by atoms with van der Waals surface area (Å²) in [7, 11) is 0. The number of hydrogen-bond acceptors (Lipinski definition) is 4. The first kappa shape index (κ1) is 11.3. The summed E-state index contributed by atoms with van der Waals surface area (Å²) in [4.78, 5) is 10.6. The van der Waals surface area contributed by atoms with E-state index >= 15 is 0 Å². The van der Waals surface area contributed by atoms with E-state index in [-0.39, 0.29) is 0 Å². The van der Waals surface area contributed by atoms with Crippen molar-refractivity contribution in [3.05, 3.63) is 17.2 Å². The van der Waals surface area contributed by atoms with Gasteiger partial charge >= 0.3 is 0 Å². The molecule has 0 saturated carbocycles. The first-order valence-electron chi connectivity index (χ1n) is 4.71. The van der Waals surface area contributed by atoms with Crippen LogP contribution in [0.3, 0.4) is 0 Å². The van der Waals surface area contributed by atoms with Crippen molar-refractivity contribution in [3.8, 4) is 0 Å². The Morgan fingerprint density at radius 2 is 2.20 bits per heavy atom. The van der Waals surface area contributed by atoms with Gasteiger partial charge in [0.15, 0.2) is 5.15 Å². The quantitative estimate of drug-likeness (QED) is 0.469. The topological polar surface area (TPSA) is 38.2 Å². The molecular weight excluding hydrogens is 328 g/mol. The Labute approximate surface area is 107 Å². The largest absolute Gasteiger partial charge is 0.378 e. The maximum Gasteiger partial charge on any atom is 0.156 e. The zero-order valence-electron chi connectivity index (χ0n) is 8.12. The van der Waals surface area contributed by atoms with Gasteiger partial charge < -0.3 is 9.64 Å². The molecule has 6 heteroatoms. The predicted octanol–water partition coefficient (Wildman–Crippen LogP) is 1.90. The smallest absolute Gasteiger partial charge is 0.156 e. The molecule has 1 saturated heterocycles. The molecule has 0 aromatic carbocycles. The number of morpholine rings is 1. The summed E-state index contributed by atoms with van der Waals surface area (Å²) >= 11 is 8.32. The van der Waals surface area contributed by atoms with Gasteiger partial charge in [-0.05, 0) is 0 Å². The highest BCUT2D eigenvalue weighted by molar-refractivity contribution is 14.1. The highest BCUT2D eigenvalue weighted by atomic mass is 127. The Hall–Kier alpha value is -0.140. The Morgan fingerprint density at radius 3 is 2.80 bits per heavy atom. The van der Waals surface area contributed by atoms with Crippen molar-refractivity contribution < 1.29 is 4.74 Å². The van der Waals surface area contributed by atoms with Gasteiger partial charge in [0.25, 0.3) is 0 Å². The van der Waals surface area contributed by atoms with Crippen LogP contribution in [0.2, 0.25) is 5.15 Å². The molecular formula is C9H11ClIN3O. The molecule has 4 nitrogen and oxygen atoms in total. The lowest BCUT2D eigenvalue weighted by atomic mass is 10.3. The fourth-order valence-corrected chi connectivity index (χ4v) is 2.10. The van der Waals surface area contributed by atoms with Crippen LogP contribution in [0.4, 0.5) is 5.69 Å². The van der Waals surface area contributed by atoms with Gasteiger partial charge in [-0.15, -0.1) is 0 Å². The normalized spacial score (nSPS) is 16.8. The Balaban J connectivity index is 2.19. The third-order valence-corrected chi connectivity index (χ3v) is 3.21. The summed E-state index contributed by atoms with van der Waals surface area (Å²) in [6, 6.07) is 0. The van der Waals surface area contributed by atoms with E-state index in [2.05, 4.69) is 37.5 Å². The van der Waals surface area contributed by atoms with Crippen molar-refractivity contribution in [1.29, 1.82) is 0 Å². The molecule has 1 aliphatic rings. The minimum absolute atomic E-state index is 0.540. The second-order valence-electron chi connectivity index (χ2n) is 3.20. The van der Waals surface area contributed by atoms with Crippen molar-refractivity contribution in [2.75, 3.05) is 31.2 Å². The van der Waals surface area contributed by atoms with E-state index in [0.29, 0.717) is 5.15 Å². The van der Waals surface area contributed by atoms with Gasteiger partial charge in [0.1, 0.15) is 5.82 Å². The second-order valence-corrected chi connectivity index (χ2v) is 4.32. The molecule has 15 heavy (non-hydrogen) atoms. The van der Waals surface area contributed by atoms with Crippen molar-refractivity contribution in [2.45, 2.75) is 4.43 Å². The molecule has 0 amide bonds. The van der Waals surface area contributed by atoms with Gasteiger partial charge in [-0.2, -0.15) is 0 Å². The van der Waals surface area contributed by atoms with Crippen LogP contribution in [0.25, 0.3) is 0 Å². The monoisotopic (exact) mass is 339 g/mol. The zero-order chi connectivity index (χ0) is 10.7. The summed E-state index contributed by atoms with van der Waals surface area (Å²) in [5, 5.41) is 0.540. The molecule has 1 aliphatic heterocycles. The third kappa shape index (κ3) is 2.70. The number of hydrogen-bond donors (Lipinski definition) is 0. The first-order valence-corrected chi connectivity index (χ1v) is 6.61. The minimum atomic E-state index is 0.540. The Morgan fingerprint density at radius 1 is 1.47 bits per heavy atom. The van der Waals surface area contributed by atoms with Crippen molar-refractivity contribution in [2.24, 2.45) is 0 Å². The van der Waals surface area contributed by atoms with E-state index in [0.717, 1.165) is 42.2 Å². The fraction of sp³-hybridized carbons (Fsp3) is 0.556. The van der Waals surface area contributed by atoms with Crippen LogP contribution in [0.15, 0.2) is 6.20 Å². The van der Waals surface area contributed by atoms with Gasteiger partial charge in [0.2, 0.25) is 0 Å². The lowest BCUT2D eigenvalue weighted by Gasteiger charge is -2.28. The molecule has 0 radical (unpaired) electrons. The summed E-state index contributed by atoms with van der Waals surface area (Å²) in [5.41, 5.74) is 0.911. The lowest BCUT2D eigenvalue weighted by molar-refractivity contribution is 0.122. The van der Waals surface area contributed by atoms with Gasteiger partial charge in [-0.1, -0.05) is 34.2 Å². The highest BCUT2D eigenvalue weighted by Gasteiger charge is 2.15. The second kappa shape index (κ2) is 5.27. The zero-order valence-corrected chi connectivity index (χ0v) is 11.0. The van der Waals surface area contributed by atoms with E-state index in [9.17, 15) is 0 Å². The van der Waals surface area contributed by atoms with Crippen LogP contribution >= 0.6 is 34.2 Å². The molecule has 0 N–H and O–H groups in total. The maximum atomic E-state index is 6.10. The number of ether oxygens (including phenoxy) is 1. The standard InChI is InChI=1S/C9H11ClIN3O/c10-9-7(6-12-8(5-11)13-9)14-1-3-15-4-2-14/h6H,1-5H2. The summed E-state index contributed by atoms with van der Waals surface area (Å²) in [5.74, 6) is 0.776. The molecule has 2 rings (SSSR count). The molecule has 1 fully saturated rings. The summed E-state index contributed by atoms with van der Waals surface area (Å²) in [6.07, 6.45) is 1.80. The van der Waals surface area contributed by atoms with Crippen LogP contribution in [0.5, 0.6) is 0 Å². The van der Waals surface area contributed by atoms with Gasteiger partial charge in [-0.25, -0.2) is 9.97 Å². The molecule has 82 valence electrons. The molecule has 0 bridgehead atoms. The number of alkyl halides is 1. The van der Waals surface area contributed by atoms with E-state index in [1.807, 2.05) is 0 Å². The van der Waals surface area contributed by atoms with E-state index in [4.69, 9.17) is 16.3 Å². The third-order valence-electron chi connectivity index (χ3n) is 2.25. The molecule has 0 unspecified atom stereocenters. The van der Waals surface area contributed by atoms with Crippen molar-refractivity contribution in [1.82, 2.24) is 9.97 Å². The Bertz CT molecular complexity index is 344. The molecule has 1 aromatic heterocycles. The van der Waals surface area contributed by atoms with Crippen LogP contribution in [0.1, 0.15) is 5.82 Å². The van der Waals surface area contributed by atoms with Crippen LogP contribution in [-0.2, 0) is 9.16 Å². The molecule has 1 aromatic rings. The lowest BCUT2D eigenvalue weighted by Crippen LogP contribution is -2.36. The summed E-state index contributed by atoms with van der Waals surface area (Å²) < 4.78 is 6.06. The van der Waals surface area contributed by atoms with Gasteiger partial charge in [0.05, 0.1) is 29.5 Å². The van der Waals surface area contributed by atoms with Crippen molar-refractivity contribution in [3.63, 3.8) is 0 Å². The molecule has 0 spiro atoms. The van der Waals surface area contributed by atoms with E-state index < -0.39 is 0 Å². The number of halogens is 2. The number of rotatable bonds is 2. The van der Waals surface area contributed by atoms with Gasteiger partial charge in [0, 0.05) is 13.1 Å². The number of aromatic nitrogens is 2. The molecule has 0 aliphatic carbocycles. The van der Waals surface area contributed by atoms with Crippen LogP contribution in [0, 0.1) is 0 Å². The van der Waals surface area contributed by atoms with E-state index in [1.54, 1.807) is 6.20 Å². The average Bonchev–Trinajstić information content (AvgIpc) is 2.30. The molecule has 2 heterocycles. The van der Waals surface area contributed by atoms with E-state index in [1.165, 1.54) is 0 Å². The van der Waals surface area contributed by atoms with Gasteiger partial charge in [-0.3, -0.25) is 0 Å². The highest BCUT2D eigenvalue weighted by Crippen LogP contribution is 2.23. The Kier molecular flexibility index (Phi) is 3.99. The first-order chi connectivity index (χ1) is 7.31. The predicted molar refractivity (Wildman–Crippen MR) is 67.8 cm³/mol. The van der Waals surface area contributed by atoms with Crippen LogP contribution < -0.4 is 4.90 Å². The fourth-order valence-electron chi connectivity index (χ4n) is 1.47. The average molecular weight is 340 g/mol. The number of anilines is 1. The number of nitrogens with zero attached hydrogens (tertiary/aromatic N) is 3. The minimum Gasteiger partial charge on any atom is -0.378 e. The maximum absolute atomic E-state index is 6.10. The van der Waals surface area contributed by atoms with Crippen molar-refractivity contribution >= 4 is 39.9 Å². The SMILES string of the molecule is Clc1nc(CI)ncc1N1CCOCC1. The molecule has 0 atom stereocenters.